The van der Waals surface area contributed by atoms with E-state index in [-0.39, 0.29) is 6.04 Å². The van der Waals surface area contributed by atoms with Gasteiger partial charge in [0.2, 0.25) is 0 Å². The number of nitrogens with zero attached hydrogens (tertiary/aromatic N) is 1. The van der Waals surface area contributed by atoms with Crippen LogP contribution >= 0.6 is 27.7 Å². The summed E-state index contributed by atoms with van der Waals surface area (Å²) < 4.78 is 0.848. The van der Waals surface area contributed by atoms with E-state index in [4.69, 9.17) is 5.73 Å². The van der Waals surface area contributed by atoms with Gasteiger partial charge in [-0.3, -0.25) is 0 Å². The second kappa shape index (κ2) is 5.71. The first-order valence-corrected chi connectivity index (χ1v) is 7.17. The molecule has 0 saturated carbocycles. The molecule has 1 heterocycles. The van der Waals surface area contributed by atoms with Crippen molar-refractivity contribution >= 4 is 27.7 Å². The minimum Gasteiger partial charge on any atom is -0.335 e. The van der Waals surface area contributed by atoms with Gasteiger partial charge < -0.3 is 10.7 Å². The van der Waals surface area contributed by atoms with Crippen molar-refractivity contribution in [3.63, 3.8) is 0 Å². The zero-order valence-corrected chi connectivity index (χ0v) is 11.9. The number of hydrogen-bond donors (Lipinski definition) is 2. The first kappa shape index (κ1) is 12.7. The fourth-order valence-corrected chi connectivity index (χ4v) is 2.53. The smallest absolute Gasteiger partial charge is 0.128 e. The summed E-state index contributed by atoms with van der Waals surface area (Å²) in [4.78, 5) is 8.58. The summed E-state index contributed by atoms with van der Waals surface area (Å²) in [5.74, 6) is 1.85. The van der Waals surface area contributed by atoms with Gasteiger partial charge in [0, 0.05) is 4.90 Å². The van der Waals surface area contributed by atoms with Gasteiger partial charge in [-0.2, -0.15) is 0 Å². The summed E-state index contributed by atoms with van der Waals surface area (Å²) in [6, 6.07) is 8.10. The largest absolute Gasteiger partial charge is 0.335 e. The van der Waals surface area contributed by atoms with E-state index in [9.17, 15) is 0 Å². The molecule has 0 aliphatic rings. The van der Waals surface area contributed by atoms with E-state index in [1.807, 2.05) is 11.8 Å². The Morgan fingerprint density at radius 3 is 2.65 bits per heavy atom. The number of benzene rings is 1. The lowest BCUT2D eigenvalue weighted by molar-refractivity contribution is 0.798. The van der Waals surface area contributed by atoms with Crippen LogP contribution in [0.25, 0.3) is 0 Å². The highest BCUT2D eigenvalue weighted by atomic mass is 79.9. The van der Waals surface area contributed by atoms with Crippen LogP contribution in [0.15, 0.2) is 40.0 Å². The summed E-state index contributed by atoms with van der Waals surface area (Å²) in [5, 5.41) is 0. The lowest BCUT2D eigenvalue weighted by Crippen LogP contribution is -2.13. The van der Waals surface area contributed by atoms with E-state index in [0.717, 1.165) is 21.7 Å². The standard InChI is InChI=1S/C12H14BrN3S/c1-2-17-9-5-3-8(4-6-9)11(14)12-15-7-10(13)16-12/h3-7,11H,2,14H2,1H3,(H,15,16). The van der Waals surface area contributed by atoms with Gasteiger partial charge in [0.15, 0.2) is 0 Å². The number of rotatable bonds is 4. The van der Waals surface area contributed by atoms with Crippen molar-refractivity contribution in [2.24, 2.45) is 5.73 Å². The molecule has 0 aliphatic carbocycles. The Hall–Kier alpha value is -0.780. The first-order chi connectivity index (χ1) is 8.20. The molecule has 0 saturated heterocycles. The molecule has 0 bridgehead atoms. The third-order valence-electron chi connectivity index (χ3n) is 2.41. The van der Waals surface area contributed by atoms with Crippen LogP contribution in [-0.2, 0) is 0 Å². The van der Waals surface area contributed by atoms with Crippen LogP contribution in [0.4, 0.5) is 0 Å². The molecule has 0 fully saturated rings. The van der Waals surface area contributed by atoms with Crippen LogP contribution in [0.3, 0.4) is 0 Å². The summed E-state index contributed by atoms with van der Waals surface area (Å²) in [7, 11) is 0. The van der Waals surface area contributed by atoms with Gasteiger partial charge in [0.05, 0.1) is 12.2 Å². The highest BCUT2D eigenvalue weighted by molar-refractivity contribution is 9.10. The number of halogens is 1. The van der Waals surface area contributed by atoms with Gasteiger partial charge in [0.25, 0.3) is 0 Å². The summed E-state index contributed by atoms with van der Waals surface area (Å²) in [6.45, 7) is 2.14. The molecule has 2 aromatic rings. The Balaban J connectivity index is 2.16. The Morgan fingerprint density at radius 1 is 1.41 bits per heavy atom. The van der Waals surface area contributed by atoms with Crippen LogP contribution < -0.4 is 5.73 Å². The zero-order valence-electron chi connectivity index (χ0n) is 9.48. The molecule has 3 nitrogen and oxygen atoms in total. The Bertz CT molecular complexity index is 481. The van der Waals surface area contributed by atoms with E-state index >= 15 is 0 Å². The predicted octanol–water partition coefficient (Wildman–Crippen LogP) is 3.33. The van der Waals surface area contributed by atoms with Crippen LogP contribution in [0.5, 0.6) is 0 Å². The van der Waals surface area contributed by atoms with E-state index in [1.165, 1.54) is 4.90 Å². The monoisotopic (exact) mass is 311 g/mol. The van der Waals surface area contributed by atoms with Crippen molar-refractivity contribution in [1.29, 1.82) is 0 Å². The molecular weight excluding hydrogens is 298 g/mol. The molecule has 1 aromatic heterocycles. The molecule has 90 valence electrons. The zero-order chi connectivity index (χ0) is 12.3. The Kier molecular flexibility index (Phi) is 4.25. The quantitative estimate of drug-likeness (QED) is 0.852. The van der Waals surface area contributed by atoms with Crippen LogP contribution in [0.2, 0.25) is 0 Å². The van der Waals surface area contributed by atoms with Gasteiger partial charge in [-0.25, -0.2) is 4.98 Å². The maximum absolute atomic E-state index is 6.13. The SMILES string of the molecule is CCSc1ccc(C(N)c2ncc(Br)[nH]2)cc1. The minimum atomic E-state index is -0.207. The molecule has 1 atom stereocenters. The van der Waals surface area contributed by atoms with E-state index in [1.54, 1.807) is 6.20 Å². The number of H-pyrrole nitrogens is 1. The normalized spacial score (nSPS) is 12.6. The van der Waals surface area contributed by atoms with Gasteiger partial charge in [-0.05, 0) is 39.4 Å². The second-order valence-electron chi connectivity index (χ2n) is 3.60. The fourth-order valence-electron chi connectivity index (χ4n) is 1.57. The number of thioether (sulfide) groups is 1. The van der Waals surface area contributed by atoms with Crippen LogP contribution in [0, 0.1) is 0 Å². The number of nitrogens with two attached hydrogens (primary N) is 1. The van der Waals surface area contributed by atoms with Crippen molar-refractivity contribution in [2.45, 2.75) is 17.9 Å². The molecule has 0 amide bonds. The van der Waals surface area contributed by atoms with Crippen molar-refractivity contribution in [3.8, 4) is 0 Å². The fraction of sp³-hybridized carbons (Fsp3) is 0.250. The Morgan fingerprint density at radius 2 is 2.12 bits per heavy atom. The third kappa shape index (κ3) is 3.12. The number of imidazole rings is 1. The molecule has 0 radical (unpaired) electrons. The second-order valence-corrected chi connectivity index (χ2v) is 5.79. The topological polar surface area (TPSA) is 54.7 Å². The first-order valence-electron chi connectivity index (χ1n) is 5.39. The molecule has 5 heteroatoms. The van der Waals surface area contributed by atoms with Crippen LogP contribution in [0.1, 0.15) is 24.4 Å². The summed E-state index contributed by atoms with van der Waals surface area (Å²) in [5.41, 5.74) is 7.19. The van der Waals surface area contributed by atoms with Crippen molar-refractivity contribution in [3.05, 3.63) is 46.5 Å². The van der Waals surface area contributed by atoms with Gasteiger partial charge in [-0.15, -0.1) is 11.8 Å². The Labute approximate surface area is 113 Å². The molecule has 1 aromatic carbocycles. The number of aromatic nitrogens is 2. The van der Waals surface area contributed by atoms with Gasteiger partial charge in [-0.1, -0.05) is 19.1 Å². The molecule has 3 N–H and O–H groups in total. The van der Waals surface area contributed by atoms with Crippen LogP contribution in [-0.4, -0.2) is 15.7 Å². The summed E-state index contributed by atoms with van der Waals surface area (Å²) in [6.07, 6.45) is 1.72. The van der Waals surface area contributed by atoms with E-state index in [2.05, 4.69) is 57.1 Å². The molecule has 1 unspecified atom stereocenters. The average Bonchev–Trinajstić information content (AvgIpc) is 2.76. The van der Waals surface area contributed by atoms with Gasteiger partial charge in [0.1, 0.15) is 10.4 Å². The molecule has 0 aliphatic heterocycles. The molecule has 0 spiro atoms. The maximum atomic E-state index is 6.13. The minimum absolute atomic E-state index is 0.207. The van der Waals surface area contributed by atoms with Crippen molar-refractivity contribution in [1.82, 2.24) is 9.97 Å². The lowest BCUT2D eigenvalue weighted by atomic mass is 10.1. The molecular formula is C12H14BrN3S. The van der Waals surface area contributed by atoms with Gasteiger partial charge >= 0.3 is 0 Å². The third-order valence-corrected chi connectivity index (χ3v) is 3.71. The molecule has 2 rings (SSSR count). The number of nitrogens with one attached hydrogen (secondary N) is 1. The van der Waals surface area contributed by atoms with Crippen molar-refractivity contribution < 1.29 is 0 Å². The number of hydrogen-bond acceptors (Lipinski definition) is 3. The summed E-state index contributed by atoms with van der Waals surface area (Å²) >= 11 is 5.15. The maximum Gasteiger partial charge on any atom is 0.128 e. The van der Waals surface area contributed by atoms with E-state index < -0.39 is 0 Å². The molecule has 17 heavy (non-hydrogen) atoms. The highest BCUT2D eigenvalue weighted by Crippen LogP contribution is 2.22. The van der Waals surface area contributed by atoms with Crippen molar-refractivity contribution in [2.75, 3.05) is 5.75 Å². The highest BCUT2D eigenvalue weighted by Gasteiger charge is 2.11. The number of aromatic amines is 1. The predicted molar refractivity (Wildman–Crippen MR) is 75.2 cm³/mol. The average molecular weight is 312 g/mol. The lowest BCUT2D eigenvalue weighted by Gasteiger charge is -2.09. The van der Waals surface area contributed by atoms with E-state index in [0.29, 0.717) is 0 Å².